The van der Waals surface area contributed by atoms with Gasteiger partial charge in [0.2, 0.25) is 11.8 Å². The molecule has 26 heavy (non-hydrogen) atoms. The van der Waals surface area contributed by atoms with Crippen LogP contribution in [-0.2, 0) is 9.59 Å². The highest BCUT2D eigenvalue weighted by molar-refractivity contribution is 5.94. The highest BCUT2D eigenvalue weighted by Crippen LogP contribution is 2.29. The number of nitriles is 1. The van der Waals surface area contributed by atoms with Crippen LogP contribution >= 0.6 is 0 Å². The van der Waals surface area contributed by atoms with Crippen LogP contribution in [0.5, 0.6) is 0 Å². The molecular weight excluding hydrogens is 330 g/mol. The quantitative estimate of drug-likeness (QED) is 0.870. The first-order valence-corrected chi connectivity index (χ1v) is 8.47. The van der Waals surface area contributed by atoms with Gasteiger partial charge >= 0.3 is 0 Å². The molecule has 134 valence electrons. The topological polar surface area (TPSA) is 90.2 Å². The minimum atomic E-state index is -0.245. The number of amides is 2. The number of nitrogens with one attached hydrogen (secondary N) is 2. The van der Waals surface area contributed by atoms with Gasteiger partial charge in [-0.15, -0.1) is 0 Å². The summed E-state index contributed by atoms with van der Waals surface area (Å²) in [7, 11) is 0. The molecule has 2 amide bonds. The first-order chi connectivity index (χ1) is 12.5. The third kappa shape index (κ3) is 3.46. The van der Waals surface area contributed by atoms with E-state index in [1.54, 1.807) is 4.90 Å². The second-order valence-electron chi connectivity index (χ2n) is 6.33. The van der Waals surface area contributed by atoms with E-state index in [2.05, 4.69) is 16.7 Å². The van der Waals surface area contributed by atoms with Crippen LogP contribution < -0.4 is 10.6 Å². The average Bonchev–Trinajstić information content (AvgIpc) is 2.85. The molecule has 0 saturated carbocycles. The molecule has 0 aliphatic carbocycles. The van der Waals surface area contributed by atoms with Gasteiger partial charge in [-0.2, -0.15) is 5.26 Å². The maximum absolute atomic E-state index is 12.6. The lowest BCUT2D eigenvalue weighted by Gasteiger charge is -2.25. The van der Waals surface area contributed by atoms with Gasteiger partial charge in [0, 0.05) is 24.5 Å². The van der Waals surface area contributed by atoms with E-state index in [4.69, 9.17) is 0 Å². The van der Waals surface area contributed by atoms with E-state index in [1.165, 1.54) is 0 Å². The van der Waals surface area contributed by atoms with Crippen molar-refractivity contribution in [1.29, 1.82) is 5.26 Å². The molecule has 1 fully saturated rings. The Morgan fingerprint density at radius 3 is 2.69 bits per heavy atom. The molecule has 0 radical (unpaired) electrons. The molecule has 1 aromatic heterocycles. The van der Waals surface area contributed by atoms with Crippen LogP contribution in [0.4, 0.5) is 5.82 Å². The van der Waals surface area contributed by atoms with Crippen molar-refractivity contribution in [3.05, 3.63) is 47.2 Å². The van der Waals surface area contributed by atoms with Crippen molar-refractivity contribution in [1.82, 2.24) is 14.8 Å². The summed E-state index contributed by atoms with van der Waals surface area (Å²) >= 11 is 0. The summed E-state index contributed by atoms with van der Waals surface area (Å²) in [5.41, 5.74) is 3.07. The van der Waals surface area contributed by atoms with Crippen molar-refractivity contribution >= 4 is 17.6 Å². The zero-order chi connectivity index (χ0) is 18.7. The minimum Gasteiger partial charge on any atom is -0.354 e. The Labute approximate surface area is 152 Å². The minimum absolute atomic E-state index is 0.0823. The van der Waals surface area contributed by atoms with Gasteiger partial charge in [-0.05, 0) is 31.5 Å². The lowest BCUT2D eigenvalue weighted by atomic mass is 10.2. The predicted molar refractivity (Wildman–Crippen MR) is 98.0 cm³/mol. The van der Waals surface area contributed by atoms with E-state index in [1.807, 2.05) is 48.7 Å². The third-order valence-corrected chi connectivity index (χ3v) is 4.58. The molecule has 0 spiro atoms. The number of aromatic nitrogens is 1. The number of hydrogen-bond donors (Lipinski definition) is 2. The number of nitrogens with zero attached hydrogens (tertiary/aromatic N) is 3. The first-order valence-electron chi connectivity index (χ1n) is 8.47. The van der Waals surface area contributed by atoms with Crippen LogP contribution in [0.1, 0.15) is 16.8 Å². The zero-order valence-corrected chi connectivity index (χ0v) is 14.9. The summed E-state index contributed by atoms with van der Waals surface area (Å²) in [4.78, 5) is 25.8. The molecule has 1 aromatic carbocycles. The van der Waals surface area contributed by atoms with E-state index in [-0.39, 0.29) is 24.9 Å². The van der Waals surface area contributed by atoms with Crippen molar-refractivity contribution in [3.8, 4) is 11.8 Å². The third-order valence-electron chi connectivity index (χ3n) is 4.58. The Balaban J connectivity index is 1.89. The molecule has 0 atom stereocenters. The Bertz CT molecular complexity index is 880. The molecule has 2 heterocycles. The summed E-state index contributed by atoms with van der Waals surface area (Å²) in [5.74, 6) is 0.146. The molecule has 1 aliphatic heterocycles. The van der Waals surface area contributed by atoms with Gasteiger partial charge in [-0.25, -0.2) is 0 Å². The molecule has 0 unspecified atom stereocenters. The number of anilines is 1. The smallest absolute Gasteiger partial charge is 0.239 e. The van der Waals surface area contributed by atoms with Crippen molar-refractivity contribution in [3.63, 3.8) is 0 Å². The Hall–Kier alpha value is -3.11. The van der Waals surface area contributed by atoms with Crippen LogP contribution in [0.2, 0.25) is 0 Å². The second kappa shape index (κ2) is 7.42. The maximum Gasteiger partial charge on any atom is 0.239 e. The van der Waals surface area contributed by atoms with Crippen LogP contribution in [0.25, 0.3) is 5.69 Å². The van der Waals surface area contributed by atoms with Crippen LogP contribution in [0.3, 0.4) is 0 Å². The fourth-order valence-electron chi connectivity index (χ4n) is 3.16. The van der Waals surface area contributed by atoms with E-state index < -0.39 is 0 Å². The monoisotopic (exact) mass is 351 g/mol. The molecule has 2 aromatic rings. The predicted octanol–water partition coefficient (Wildman–Crippen LogP) is 1.34. The van der Waals surface area contributed by atoms with Crippen LogP contribution in [-0.4, -0.2) is 47.5 Å². The number of hydrogen-bond acceptors (Lipinski definition) is 4. The second-order valence-corrected chi connectivity index (χ2v) is 6.33. The Morgan fingerprint density at radius 2 is 2.04 bits per heavy atom. The van der Waals surface area contributed by atoms with Crippen molar-refractivity contribution in [2.75, 3.05) is 31.5 Å². The Kier molecular flexibility index (Phi) is 5.05. The summed E-state index contributed by atoms with van der Waals surface area (Å²) < 4.78 is 1.88. The average molecular weight is 351 g/mol. The normalized spacial score (nSPS) is 14.6. The molecule has 3 rings (SSSR count). The standard InChI is InChI=1S/C19H21N5O2/c1-13-14(2)24(15-6-4-3-5-7-15)19(16(13)10-20)22-18(26)12-23-9-8-21-17(25)11-23/h3-7H,8-9,11-12H2,1-2H3,(H,21,25)(H,22,26). The fraction of sp³-hybridized carbons (Fsp3) is 0.316. The van der Waals surface area contributed by atoms with E-state index in [9.17, 15) is 14.9 Å². The lowest BCUT2D eigenvalue weighted by Crippen LogP contribution is -2.49. The van der Waals surface area contributed by atoms with E-state index in [0.29, 0.717) is 24.5 Å². The fourth-order valence-corrected chi connectivity index (χ4v) is 3.16. The van der Waals surface area contributed by atoms with Gasteiger partial charge in [-0.1, -0.05) is 18.2 Å². The number of carbonyl (C=O) groups excluding carboxylic acids is 2. The highest BCUT2D eigenvalue weighted by atomic mass is 16.2. The van der Waals surface area contributed by atoms with Gasteiger partial charge in [0.15, 0.2) is 0 Å². The molecule has 1 aliphatic rings. The highest BCUT2D eigenvalue weighted by Gasteiger charge is 2.23. The summed E-state index contributed by atoms with van der Waals surface area (Å²) in [5, 5.41) is 15.2. The summed E-state index contributed by atoms with van der Waals surface area (Å²) in [6.07, 6.45) is 0. The number of para-hydroxylation sites is 1. The van der Waals surface area contributed by atoms with Crippen molar-refractivity contribution in [2.45, 2.75) is 13.8 Å². The van der Waals surface area contributed by atoms with Crippen molar-refractivity contribution in [2.24, 2.45) is 0 Å². The van der Waals surface area contributed by atoms with Crippen LogP contribution in [0, 0.1) is 25.2 Å². The van der Waals surface area contributed by atoms with E-state index >= 15 is 0 Å². The van der Waals surface area contributed by atoms with E-state index in [0.717, 1.165) is 16.9 Å². The summed E-state index contributed by atoms with van der Waals surface area (Å²) in [6.45, 7) is 5.27. The zero-order valence-electron chi connectivity index (χ0n) is 14.9. The number of piperazine rings is 1. The number of carbonyl (C=O) groups is 2. The van der Waals surface area contributed by atoms with Gasteiger partial charge in [0.1, 0.15) is 11.9 Å². The van der Waals surface area contributed by atoms with Gasteiger partial charge in [0.05, 0.1) is 18.7 Å². The molecule has 0 bridgehead atoms. The lowest BCUT2D eigenvalue weighted by molar-refractivity contribution is -0.125. The van der Waals surface area contributed by atoms with Gasteiger partial charge < -0.3 is 10.6 Å². The maximum atomic E-state index is 12.6. The molecular formula is C19H21N5O2. The largest absolute Gasteiger partial charge is 0.354 e. The van der Waals surface area contributed by atoms with Gasteiger partial charge in [-0.3, -0.25) is 19.1 Å². The van der Waals surface area contributed by atoms with Crippen LogP contribution in [0.15, 0.2) is 30.3 Å². The first kappa shape index (κ1) is 17.7. The SMILES string of the molecule is Cc1c(C#N)c(NC(=O)CN2CCNC(=O)C2)n(-c2ccccc2)c1C. The molecule has 2 N–H and O–H groups in total. The number of benzene rings is 1. The van der Waals surface area contributed by atoms with Crippen molar-refractivity contribution < 1.29 is 9.59 Å². The number of rotatable bonds is 4. The molecule has 7 heteroatoms. The van der Waals surface area contributed by atoms with Gasteiger partial charge in [0.25, 0.3) is 0 Å². The summed E-state index contributed by atoms with van der Waals surface area (Å²) in [6, 6.07) is 11.8. The Morgan fingerprint density at radius 1 is 1.31 bits per heavy atom. The molecule has 7 nitrogen and oxygen atoms in total. The molecule has 1 saturated heterocycles.